The molecule has 1 unspecified atom stereocenters. The lowest BCUT2D eigenvalue weighted by Crippen LogP contribution is -2.07. The van der Waals surface area contributed by atoms with Gasteiger partial charge in [-0.3, -0.25) is 9.78 Å². The summed E-state index contributed by atoms with van der Waals surface area (Å²) in [5, 5.41) is 8.69. The lowest BCUT2D eigenvalue weighted by Gasteiger charge is -2.06. The maximum Gasteiger partial charge on any atom is 0.337 e. The lowest BCUT2D eigenvalue weighted by atomic mass is 10.0. The summed E-state index contributed by atoms with van der Waals surface area (Å²) in [5.41, 5.74) is 0.853. The highest BCUT2D eigenvalue weighted by Gasteiger charge is 2.26. The van der Waals surface area contributed by atoms with E-state index in [0.717, 1.165) is 12.8 Å². The summed E-state index contributed by atoms with van der Waals surface area (Å²) in [6.45, 7) is 0. The Balaban J connectivity index is 2.23. The monoisotopic (exact) mass is 205 g/mol. The number of aromatic carboxylic acids is 1. The molecule has 1 fully saturated rings. The van der Waals surface area contributed by atoms with Crippen LogP contribution in [0.15, 0.2) is 18.3 Å². The predicted molar refractivity (Wildman–Crippen MR) is 52.8 cm³/mol. The number of aromatic nitrogens is 1. The third-order valence-electron chi connectivity index (χ3n) is 2.69. The number of carbonyl (C=O) groups excluding carboxylic acids is 1. The van der Waals surface area contributed by atoms with E-state index < -0.39 is 5.97 Å². The van der Waals surface area contributed by atoms with Gasteiger partial charge in [-0.2, -0.15) is 0 Å². The topological polar surface area (TPSA) is 67.3 Å². The largest absolute Gasteiger partial charge is 0.478 e. The van der Waals surface area contributed by atoms with Gasteiger partial charge in [-0.15, -0.1) is 0 Å². The third kappa shape index (κ3) is 1.88. The molecule has 1 atom stereocenters. The van der Waals surface area contributed by atoms with Crippen LogP contribution < -0.4 is 0 Å². The number of nitrogens with zero attached hydrogens (tertiary/aromatic N) is 1. The van der Waals surface area contributed by atoms with Crippen LogP contribution in [0.3, 0.4) is 0 Å². The SMILES string of the molecule is O=C(O)c1ccc(C2CCCC2=O)nc1. The first-order valence-electron chi connectivity index (χ1n) is 4.90. The first-order chi connectivity index (χ1) is 7.18. The quantitative estimate of drug-likeness (QED) is 0.796. The van der Waals surface area contributed by atoms with Crippen molar-refractivity contribution in [2.45, 2.75) is 25.2 Å². The molecule has 78 valence electrons. The molecule has 4 heteroatoms. The first kappa shape index (κ1) is 9.83. The minimum Gasteiger partial charge on any atom is -0.478 e. The van der Waals surface area contributed by atoms with E-state index in [1.807, 2.05) is 0 Å². The number of pyridine rings is 1. The fourth-order valence-corrected chi connectivity index (χ4v) is 1.87. The lowest BCUT2D eigenvalue weighted by molar-refractivity contribution is -0.118. The number of hydrogen-bond donors (Lipinski definition) is 1. The van der Waals surface area contributed by atoms with Crippen molar-refractivity contribution in [3.05, 3.63) is 29.6 Å². The molecule has 1 aliphatic rings. The van der Waals surface area contributed by atoms with Crippen LogP contribution in [0.25, 0.3) is 0 Å². The Morgan fingerprint density at radius 1 is 1.47 bits per heavy atom. The zero-order valence-corrected chi connectivity index (χ0v) is 8.14. The van der Waals surface area contributed by atoms with Crippen LogP contribution >= 0.6 is 0 Å². The van der Waals surface area contributed by atoms with Crippen molar-refractivity contribution in [1.29, 1.82) is 0 Å². The summed E-state index contributed by atoms with van der Waals surface area (Å²) < 4.78 is 0. The van der Waals surface area contributed by atoms with E-state index in [-0.39, 0.29) is 17.3 Å². The van der Waals surface area contributed by atoms with Crippen molar-refractivity contribution < 1.29 is 14.7 Å². The zero-order chi connectivity index (χ0) is 10.8. The number of rotatable bonds is 2. The molecule has 0 radical (unpaired) electrons. The highest BCUT2D eigenvalue weighted by Crippen LogP contribution is 2.29. The average Bonchev–Trinajstić information content (AvgIpc) is 2.65. The maximum absolute atomic E-state index is 11.4. The summed E-state index contributed by atoms with van der Waals surface area (Å²) in [7, 11) is 0. The summed E-state index contributed by atoms with van der Waals surface area (Å²) in [5.74, 6) is -0.898. The first-order valence-corrected chi connectivity index (χ1v) is 4.90. The molecule has 0 aliphatic heterocycles. The number of hydrogen-bond acceptors (Lipinski definition) is 3. The number of carboxylic acids is 1. The molecule has 1 N–H and O–H groups in total. The van der Waals surface area contributed by atoms with Crippen molar-refractivity contribution in [2.75, 3.05) is 0 Å². The van der Waals surface area contributed by atoms with Crippen LogP contribution in [-0.4, -0.2) is 21.8 Å². The molecule has 1 saturated carbocycles. The van der Waals surface area contributed by atoms with Crippen molar-refractivity contribution in [1.82, 2.24) is 4.98 Å². The van der Waals surface area contributed by atoms with Gasteiger partial charge >= 0.3 is 5.97 Å². The molecule has 0 bridgehead atoms. The van der Waals surface area contributed by atoms with Crippen LogP contribution in [0.1, 0.15) is 41.2 Å². The minimum absolute atomic E-state index is 0.118. The number of Topliss-reactive ketones (excluding diaryl/α,β-unsaturated/α-hetero) is 1. The van der Waals surface area contributed by atoms with Gasteiger partial charge in [0.15, 0.2) is 0 Å². The fourth-order valence-electron chi connectivity index (χ4n) is 1.87. The number of ketones is 1. The van der Waals surface area contributed by atoms with Crippen molar-refractivity contribution in [3.8, 4) is 0 Å². The normalized spacial score (nSPS) is 20.5. The van der Waals surface area contributed by atoms with Gasteiger partial charge in [0.25, 0.3) is 0 Å². The molecule has 15 heavy (non-hydrogen) atoms. The van der Waals surface area contributed by atoms with Crippen LogP contribution in [0.2, 0.25) is 0 Å². The number of carboxylic acid groups (broad SMARTS) is 1. The highest BCUT2D eigenvalue weighted by molar-refractivity contribution is 5.88. The minimum atomic E-state index is -0.994. The summed E-state index contributed by atoms with van der Waals surface area (Å²) in [6, 6.07) is 3.13. The van der Waals surface area contributed by atoms with Gasteiger partial charge < -0.3 is 5.11 Å². The van der Waals surface area contributed by atoms with Crippen molar-refractivity contribution >= 4 is 11.8 Å². The fraction of sp³-hybridized carbons (Fsp3) is 0.364. The molecule has 0 amide bonds. The van der Waals surface area contributed by atoms with Gasteiger partial charge in [0.2, 0.25) is 0 Å². The van der Waals surface area contributed by atoms with E-state index in [2.05, 4.69) is 4.98 Å². The summed E-state index contributed by atoms with van der Waals surface area (Å²) in [4.78, 5) is 26.1. The zero-order valence-electron chi connectivity index (χ0n) is 8.14. The highest BCUT2D eigenvalue weighted by atomic mass is 16.4. The Labute approximate surface area is 87.0 Å². The second-order valence-corrected chi connectivity index (χ2v) is 3.69. The van der Waals surface area contributed by atoms with E-state index in [4.69, 9.17) is 5.11 Å². The van der Waals surface area contributed by atoms with Crippen molar-refractivity contribution in [3.63, 3.8) is 0 Å². The molecular weight excluding hydrogens is 194 g/mol. The molecule has 1 aromatic heterocycles. The molecule has 1 heterocycles. The van der Waals surface area contributed by atoms with Gasteiger partial charge in [0.05, 0.1) is 17.2 Å². The standard InChI is InChI=1S/C11H11NO3/c13-10-3-1-2-8(10)9-5-4-7(6-12-9)11(14)15/h4-6,8H,1-3H2,(H,14,15). The Morgan fingerprint density at radius 2 is 2.27 bits per heavy atom. The molecule has 1 aromatic rings. The van der Waals surface area contributed by atoms with E-state index in [1.165, 1.54) is 12.3 Å². The number of carbonyl (C=O) groups is 2. The molecule has 4 nitrogen and oxygen atoms in total. The Kier molecular flexibility index (Phi) is 2.49. The molecule has 2 rings (SSSR count). The van der Waals surface area contributed by atoms with Gasteiger partial charge in [0, 0.05) is 12.6 Å². The molecule has 1 aliphatic carbocycles. The van der Waals surface area contributed by atoms with E-state index in [0.29, 0.717) is 12.1 Å². The maximum atomic E-state index is 11.4. The summed E-state index contributed by atoms with van der Waals surface area (Å²) in [6.07, 6.45) is 3.67. The third-order valence-corrected chi connectivity index (χ3v) is 2.69. The molecular formula is C11H11NO3. The van der Waals surface area contributed by atoms with Gasteiger partial charge in [-0.1, -0.05) is 0 Å². The average molecular weight is 205 g/mol. The Morgan fingerprint density at radius 3 is 2.73 bits per heavy atom. The van der Waals surface area contributed by atoms with Crippen LogP contribution in [0.4, 0.5) is 0 Å². The van der Waals surface area contributed by atoms with Crippen LogP contribution in [0.5, 0.6) is 0 Å². The second kappa shape index (κ2) is 3.81. The van der Waals surface area contributed by atoms with E-state index in [1.54, 1.807) is 6.07 Å². The summed E-state index contributed by atoms with van der Waals surface area (Å²) >= 11 is 0. The van der Waals surface area contributed by atoms with Gasteiger partial charge in [-0.05, 0) is 25.0 Å². The van der Waals surface area contributed by atoms with Gasteiger partial charge in [-0.25, -0.2) is 4.79 Å². The Bertz CT molecular complexity index is 397. The molecule has 0 saturated heterocycles. The molecule has 0 spiro atoms. The smallest absolute Gasteiger partial charge is 0.337 e. The second-order valence-electron chi connectivity index (χ2n) is 3.69. The molecule has 0 aromatic carbocycles. The van der Waals surface area contributed by atoms with Crippen LogP contribution in [0, 0.1) is 0 Å². The van der Waals surface area contributed by atoms with E-state index in [9.17, 15) is 9.59 Å². The van der Waals surface area contributed by atoms with E-state index >= 15 is 0 Å². The van der Waals surface area contributed by atoms with Gasteiger partial charge in [0.1, 0.15) is 5.78 Å². The van der Waals surface area contributed by atoms with Crippen LogP contribution in [-0.2, 0) is 4.79 Å². The Hall–Kier alpha value is -1.71. The van der Waals surface area contributed by atoms with Crippen molar-refractivity contribution in [2.24, 2.45) is 0 Å². The predicted octanol–water partition coefficient (Wildman–Crippen LogP) is 1.62.